The van der Waals surface area contributed by atoms with Crippen LogP contribution in [0.25, 0.3) is 0 Å². The van der Waals surface area contributed by atoms with Crippen molar-refractivity contribution in [2.24, 2.45) is 5.73 Å². The maximum atomic E-state index is 13.8. The van der Waals surface area contributed by atoms with Gasteiger partial charge < -0.3 is 5.73 Å². The molecule has 0 aromatic heterocycles. The molecule has 0 heterocycles. The first-order chi connectivity index (χ1) is 9.09. The summed E-state index contributed by atoms with van der Waals surface area (Å²) in [4.78, 5) is 0.870. The van der Waals surface area contributed by atoms with E-state index in [0.717, 1.165) is 15.5 Å². The van der Waals surface area contributed by atoms with Crippen molar-refractivity contribution in [3.8, 4) is 0 Å². The average molecular weight is 296 g/mol. The second kappa shape index (κ2) is 6.42. The maximum Gasteiger partial charge on any atom is 0.129 e. The first kappa shape index (κ1) is 14.4. The Morgan fingerprint density at radius 2 is 1.95 bits per heavy atom. The minimum atomic E-state index is -0.324. The summed E-state index contributed by atoms with van der Waals surface area (Å²) in [6, 6.07) is 12.4. The second-order valence-corrected chi connectivity index (χ2v) is 5.74. The Balaban J connectivity index is 2.21. The number of rotatable bonds is 4. The number of benzene rings is 2. The third-order valence-electron chi connectivity index (χ3n) is 2.81. The van der Waals surface area contributed by atoms with Gasteiger partial charge in [0.2, 0.25) is 0 Å². The molecule has 2 aromatic carbocycles. The van der Waals surface area contributed by atoms with Crippen molar-refractivity contribution >= 4 is 23.4 Å². The molecule has 0 unspecified atom stereocenters. The summed E-state index contributed by atoms with van der Waals surface area (Å²) >= 11 is 7.66. The molecule has 1 nitrogen and oxygen atoms in total. The van der Waals surface area contributed by atoms with Crippen molar-refractivity contribution < 1.29 is 4.39 Å². The zero-order chi connectivity index (χ0) is 13.8. The van der Waals surface area contributed by atoms with E-state index in [-0.39, 0.29) is 11.9 Å². The summed E-state index contributed by atoms with van der Waals surface area (Å²) in [6.07, 6.45) is 0. The van der Waals surface area contributed by atoms with Crippen molar-refractivity contribution in [1.82, 2.24) is 0 Å². The Morgan fingerprint density at radius 3 is 2.63 bits per heavy atom. The lowest BCUT2D eigenvalue weighted by atomic mass is 10.1. The molecular weight excluding hydrogens is 281 g/mol. The van der Waals surface area contributed by atoms with Crippen LogP contribution in [0.3, 0.4) is 0 Å². The van der Waals surface area contributed by atoms with Gasteiger partial charge in [0, 0.05) is 27.3 Å². The molecule has 0 saturated carbocycles. The summed E-state index contributed by atoms with van der Waals surface area (Å²) in [6.45, 7) is 1.79. The van der Waals surface area contributed by atoms with Gasteiger partial charge in [-0.3, -0.25) is 0 Å². The van der Waals surface area contributed by atoms with Gasteiger partial charge in [0.1, 0.15) is 5.82 Å². The zero-order valence-electron chi connectivity index (χ0n) is 10.6. The van der Waals surface area contributed by atoms with Crippen LogP contribution in [-0.2, 0) is 5.75 Å². The quantitative estimate of drug-likeness (QED) is 0.821. The fourth-order valence-electron chi connectivity index (χ4n) is 1.86. The molecule has 0 aliphatic carbocycles. The van der Waals surface area contributed by atoms with Gasteiger partial charge >= 0.3 is 0 Å². The van der Waals surface area contributed by atoms with E-state index in [1.165, 1.54) is 6.07 Å². The highest BCUT2D eigenvalue weighted by Gasteiger charge is 2.13. The van der Waals surface area contributed by atoms with Crippen LogP contribution in [-0.4, -0.2) is 0 Å². The Hall–Kier alpha value is -1.03. The number of thioether (sulfide) groups is 1. The van der Waals surface area contributed by atoms with Gasteiger partial charge in [-0.15, -0.1) is 11.8 Å². The summed E-state index contributed by atoms with van der Waals surface area (Å²) in [7, 11) is 0. The van der Waals surface area contributed by atoms with Gasteiger partial charge in [-0.05, 0) is 30.7 Å². The van der Waals surface area contributed by atoms with Crippen LogP contribution in [0.1, 0.15) is 24.1 Å². The van der Waals surface area contributed by atoms with Gasteiger partial charge in [0.15, 0.2) is 0 Å². The Morgan fingerprint density at radius 1 is 1.21 bits per heavy atom. The van der Waals surface area contributed by atoms with Crippen LogP contribution in [0.4, 0.5) is 4.39 Å². The first-order valence-electron chi connectivity index (χ1n) is 6.00. The molecule has 0 saturated heterocycles. The topological polar surface area (TPSA) is 26.0 Å². The van der Waals surface area contributed by atoms with E-state index >= 15 is 0 Å². The van der Waals surface area contributed by atoms with Gasteiger partial charge in [0.25, 0.3) is 0 Å². The standard InChI is InChI=1S/C15H15ClFNS/c1-10(18)15-13(17)7-4-8-14(15)19-9-11-5-2-3-6-12(11)16/h2-8,10H,9,18H2,1H3/t10-/m0/s1. The van der Waals surface area contributed by atoms with Crippen molar-refractivity contribution in [1.29, 1.82) is 0 Å². The van der Waals surface area contributed by atoms with Gasteiger partial charge in [-0.2, -0.15) is 0 Å². The fraction of sp³-hybridized carbons (Fsp3) is 0.200. The first-order valence-corrected chi connectivity index (χ1v) is 7.36. The van der Waals surface area contributed by atoms with Crippen molar-refractivity contribution in [2.75, 3.05) is 0 Å². The lowest BCUT2D eigenvalue weighted by Crippen LogP contribution is -2.09. The van der Waals surface area contributed by atoms with E-state index in [9.17, 15) is 4.39 Å². The highest BCUT2D eigenvalue weighted by atomic mass is 35.5. The summed E-state index contributed by atoms with van der Waals surface area (Å²) in [5, 5.41) is 0.730. The summed E-state index contributed by atoms with van der Waals surface area (Å²) in [5.74, 6) is 0.446. The molecule has 0 aliphatic heterocycles. The van der Waals surface area contributed by atoms with Crippen LogP contribution in [0.15, 0.2) is 47.4 Å². The second-order valence-electron chi connectivity index (χ2n) is 4.32. The highest BCUT2D eigenvalue weighted by molar-refractivity contribution is 7.98. The molecule has 0 radical (unpaired) electrons. The largest absolute Gasteiger partial charge is 0.324 e. The van der Waals surface area contributed by atoms with Gasteiger partial charge in [-0.1, -0.05) is 35.9 Å². The average Bonchev–Trinajstić information content (AvgIpc) is 2.37. The van der Waals surface area contributed by atoms with Crippen LogP contribution in [0.5, 0.6) is 0 Å². The lowest BCUT2D eigenvalue weighted by molar-refractivity contribution is 0.585. The minimum Gasteiger partial charge on any atom is -0.324 e. The normalized spacial score (nSPS) is 12.4. The van der Waals surface area contributed by atoms with E-state index in [4.69, 9.17) is 17.3 Å². The molecule has 0 aliphatic rings. The van der Waals surface area contributed by atoms with E-state index in [2.05, 4.69) is 0 Å². The predicted octanol–water partition coefficient (Wildman–Crippen LogP) is 4.79. The van der Waals surface area contributed by atoms with E-state index < -0.39 is 0 Å². The van der Waals surface area contributed by atoms with Crippen molar-refractivity contribution in [3.63, 3.8) is 0 Å². The minimum absolute atomic E-state index is 0.251. The van der Waals surface area contributed by atoms with E-state index in [0.29, 0.717) is 11.3 Å². The molecule has 0 bridgehead atoms. The molecule has 1 atom stereocenters. The molecule has 0 fully saturated rings. The molecule has 100 valence electrons. The number of hydrogen-bond donors (Lipinski definition) is 1. The molecule has 19 heavy (non-hydrogen) atoms. The van der Waals surface area contributed by atoms with Gasteiger partial charge in [-0.25, -0.2) is 4.39 Å². The van der Waals surface area contributed by atoms with Crippen LogP contribution in [0, 0.1) is 5.82 Å². The third-order valence-corrected chi connectivity index (χ3v) is 4.30. The number of halogens is 2. The number of nitrogens with two attached hydrogens (primary N) is 1. The summed E-state index contributed by atoms with van der Waals surface area (Å²) in [5.41, 5.74) is 7.44. The maximum absolute atomic E-state index is 13.8. The monoisotopic (exact) mass is 295 g/mol. The Bertz CT molecular complexity index is 572. The molecule has 2 N–H and O–H groups in total. The molecule has 2 aromatic rings. The highest BCUT2D eigenvalue weighted by Crippen LogP contribution is 2.32. The summed E-state index contributed by atoms with van der Waals surface area (Å²) < 4.78 is 13.8. The Kier molecular flexibility index (Phi) is 4.86. The molecular formula is C15H15ClFNS. The van der Waals surface area contributed by atoms with Crippen molar-refractivity contribution in [3.05, 3.63) is 64.4 Å². The van der Waals surface area contributed by atoms with Crippen LogP contribution >= 0.6 is 23.4 Å². The number of hydrogen-bond acceptors (Lipinski definition) is 2. The van der Waals surface area contributed by atoms with Crippen LogP contribution in [0.2, 0.25) is 5.02 Å². The fourth-order valence-corrected chi connectivity index (χ4v) is 3.31. The van der Waals surface area contributed by atoms with E-state index in [1.54, 1.807) is 24.8 Å². The molecule has 2 rings (SSSR count). The predicted molar refractivity (Wildman–Crippen MR) is 80.0 cm³/mol. The molecule has 0 amide bonds. The Labute approximate surface area is 122 Å². The SMILES string of the molecule is C[C@H](N)c1c(F)cccc1SCc1ccccc1Cl. The van der Waals surface area contributed by atoms with Crippen molar-refractivity contribution in [2.45, 2.75) is 23.6 Å². The van der Waals surface area contributed by atoms with Crippen LogP contribution < -0.4 is 5.73 Å². The van der Waals surface area contributed by atoms with E-state index in [1.807, 2.05) is 30.3 Å². The third kappa shape index (κ3) is 3.50. The molecule has 4 heteroatoms. The smallest absolute Gasteiger partial charge is 0.129 e. The van der Waals surface area contributed by atoms with Gasteiger partial charge in [0.05, 0.1) is 0 Å². The zero-order valence-corrected chi connectivity index (χ0v) is 12.1. The molecule has 0 spiro atoms. The lowest BCUT2D eigenvalue weighted by Gasteiger charge is -2.13.